The van der Waals surface area contributed by atoms with E-state index >= 15 is 0 Å². The third-order valence-electron chi connectivity index (χ3n) is 4.69. The van der Waals surface area contributed by atoms with Gasteiger partial charge in [-0.3, -0.25) is 0 Å². The van der Waals surface area contributed by atoms with E-state index in [0.29, 0.717) is 37.1 Å². The van der Waals surface area contributed by atoms with Crippen LogP contribution in [0.2, 0.25) is 0 Å². The maximum absolute atomic E-state index is 6.15. The molecule has 0 unspecified atom stereocenters. The van der Waals surface area contributed by atoms with Crippen LogP contribution in [-0.4, -0.2) is 0 Å². The Labute approximate surface area is 191 Å². The molecule has 0 amide bonds. The standard InChI is InChI=1S/C27H23BrO3/c28-25-16-24(29-18-21-10-4-1-5-11-21)17-26(30-19-22-12-6-2-7-13-22)27(25)31-20-23-14-8-3-9-15-23/h1-17H,18-20H2. The summed E-state index contributed by atoms with van der Waals surface area (Å²) in [6.45, 7) is 1.37. The van der Waals surface area contributed by atoms with Crippen molar-refractivity contribution in [1.29, 1.82) is 0 Å². The fraction of sp³-hybridized carbons (Fsp3) is 0.111. The number of hydrogen-bond donors (Lipinski definition) is 0. The van der Waals surface area contributed by atoms with Crippen LogP contribution in [0.4, 0.5) is 0 Å². The highest BCUT2D eigenvalue weighted by molar-refractivity contribution is 9.10. The van der Waals surface area contributed by atoms with E-state index in [4.69, 9.17) is 14.2 Å². The van der Waals surface area contributed by atoms with Crippen molar-refractivity contribution < 1.29 is 14.2 Å². The van der Waals surface area contributed by atoms with Crippen molar-refractivity contribution in [3.63, 3.8) is 0 Å². The maximum atomic E-state index is 6.15. The predicted octanol–water partition coefficient (Wildman–Crippen LogP) is 7.19. The molecule has 0 heterocycles. The molecule has 4 heteroatoms. The molecular weight excluding hydrogens is 452 g/mol. The first-order chi connectivity index (χ1) is 15.3. The summed E-state index contributed by atoms with van der Waals surface area (Å²) >= 11 is 3.64. The Kier molecular flexibility index (Phi) is 7.24. The zero-order chi connectivity index (χ0) is 21.3. The molecule has 0 aliphatic rings. The SMILES string of the molecule is Brc1cc(OCc2ccccc2)cc(OCc2ccccc2)c1OCc1ccccc1. The predicted molar refractivity (Wildman–Crippen MR) is 126 cm³/mol. The number of benzene rings is 4. The minimum Gasteiger partial charge on any atom is -0.489 e. The lowest BCUT2D eigenvalue weighted by Gasteiger charge is -2.17. The second kappa shape index (κ2) is 10.7. The molecule has 4 rings (SSSR count). The van der Waals surface area contributed by atoms with E-state index in [0.717, 1.165) is 21.2 Å². The fourth-order valence-electron chi connectivity index (χ4n) is 3.08. The average molecular weight is 475 g/mol. The summed E-state index contributed by atoms with van der Waals surface area (Å²) < 4.78 is 19.1. The third-order valence-corrected chi connectivity index (χ3v) is 5.28. The Balaban J connectivity index is 1.54. The molecule has 0 radical (unpaired) electrons. The Morgan fingerprint density at radius 2 is 0.968 bits per heavy atom. The van der Waals surface area contributed by atoms with Crippen molar-refractivity contribution >= 4 is 15.9 Å². The molecule has 156 valence electrons. The summed E-state index contributed by atoms with van der Waals surface area (Å²) in [5.41, 5.74) is 3.28. The first-order valence-corrected chi connectivity index (χ1v) is 10.9. The molecule has 0 bridgehead atoms. The quantitative estimate of drug-likeness (QED) is 0.257. The Hall–Kier alpha value is -3.24. The number of halogens is 1. The highest BCUT2D eigenvalue weighted by Crippen LogP contribution is 2.40. The summed E-state index contributed by atoms with van der Waals surface area (Å²) in [6, 6.07) is 34.0. The van der Waals surface area contributed by atoms with Crippen molar-refractivity contribution in [3.05, 3.63) is 124 Å². The molecule has 0 atom stereocenters. The van der Waals surface area contributed by atoms with Gasteiger partial charge in [0.2, 0.25) is 0 Å². The van der Waals surface area contributed by atoms with Crippen LogP contribution in [0.25, 0.3) is 0 Å². The van der Waals surface area contributed by atoms with Gasteiger partial charge in [0.15, 0.2) is 11.5 Å². The average Bonchev–Trinajstić information content (AvgIpc) is 2.82. The lowest BCUT2D eigenvalue weighted by atomic mass is 10.2. The van der Waals surface area contributed by atoms with Crippen LogP contribution in [0.3, 0.4) is 0 Å². The molecule has 0 N–H and O–H groups in total. The first kappa shape index (κ1) is 21.0. The topological polar surface area (TPSA) is 27.7 Å². The molecule has 31 heavy (non-hydrogen) atoms. The summed E-state index contributed by atoms with van der Waals surface area (Å²) in [7, 11) is 0. The minimum atomic E-state index is 0.442. The van der Waals surface area contributed by atoms with Crippen molar-refractivity contribution in [3.8, 4) is 17.2 Å². The minimum absolute atomic E-state index is 0.442. The zero-order valence-corrected chi connectivity index (χ0v) is 18.6. The largest absolute Gasteiger partial charge is 0.489 e. The van der Waals surface area contributed by atoms with Crippen molar-refractivity contribution in [2.24, 2.45) is 0 Å². The molecule has 0 aliphatic heterocycles. The number of hydrogen-bond acceptors (Lipinski definition) is 3. The normalized spacial score (nSPS) is 10.5. The van der Waals surface area contributed by atoms with E-state index < -0.39 is 0 Å². The van der Waals surface area contributed by atoms with E-state index in [2.05, 4.69) is 15.9 Å². The van der Waals surface area contributed by atoms with E-state index in [1.165, 1.54) is 0 Å². The maximum Gasteiger partial charge on any atom is 0.176 e. The molecular formula is C27H23BrO3. The van der Waals surface area contributed by atoms with Crippen LogP contribution in [0.1, 0.15) is 16.7 Å². The summed E-state index contributed by atoms with van der Waals surface area (Å²) in [6.07, 6.45) is 0. The van der Waals surface area contributed by atoms with Gasteiger partial charge in [0.1, 0.15) is 25.6 Å². The van der Waals surface area contributed by atoms with Gasteiger partial charge in [-0.05, 0) is 38.7 Å². The second-order valence-corrected chi connectivity index (χ2v) is 7.91. The molecule has 0 aliphatic carbocycles. The Bertz CT molecular complexity index is 1080. The van der Waals surface area contributed by atoms with Crippen LogP contribution in [-0.2, 0) is 19.8 Å². The van der Waals surface area contributed by atoms with Gasteiger partial charge < -0.3 is 14.2 Å². The second-order valence-electron chi connectivity index (χ2n) is 7.06. The molecule has 0 saturated heterocycles. The summed E-state index contributed by atoms with van der Waals surface area (Å²) in [5.74, 6) is 2.01. The molecule has 4 aromatic carbocycles. The van der Waals surface area contributed by atoms with Crippen molar-refractivity contribution in [1.82, 2.24) is 0 Å². The van der Waals surface area contributed by atoms with Gasteiger partial charge in [0.05, 0.1) is 4.47 Å². The van der Waals surface area contributed by atoms with Gasteiger partial charge in [-0.15, -0.1) is 0 Å². The molecule has 0 fully saturated rings. The van der Waals surface area contributed by atoms with Crippen molar-refractivity contribution in [2.45, 2.75) is 19.8 Å². The van der Waals surface area contributed by atoms with Crippen LogP contribution >= 0.6 is 15.9 Å². The van der Waals surface area contributed by atoms with E-state index in [1.54, 1.807) is 0 Å². The van der Waals surface area contributed by atoms with Gasteiger partial charge in [-0.25, -0.2) is 0 Å². The number of rotatable bonds is 9. The Morgan fingerprint density at radius 3 is 1.48 bits per heavy atom. The molecule has 0 aromatic heterocycles. The highest BCUT2D eigenvalue weighted by Gasteiger charge is 2.14. The number of ether oxygens (including phenoxy) is 3. The lowest BCUT2D eigenvalue weighted by Crippen LogP contribution is -2.02. The van der Waals surface area contributed by atoms with E-state index in [1.807, 2.05) is 103 Å². The van der Waals surface area contributed by atoms with Crippen LogP contribution in [0.5, 0.6) is 17.2 Å². The first-order valence-electron chi connectivity index (χ1n) is 10.1. The highest BCUT2D eigenvalue weighted by atomic mass is 79.9. The summed E-state index contributed by atoms with van der Waals surface area (Å²) in [4.78, 5) is 0. The van der Waals surface area contributed by atoms with Gasteiger partial charge in [-0.2, -0.15) is 0 Å². The van der Waals surface area contributed by atoms with Gasteiger partial charge in [0, 0.05) is 6.07 Å². The third kappa shape index (κ3) is 6.12. The Morgan fingerprint density at radius 1 is 0.516 bits per heavy atom. The van der Waals surface area contributed by atoms with Gasteiger partial charge in [-0.1, -0.05) is 91.0 Å². The van der Waals surface area contributed by atoms with Gasteiger partial charge >= 0.3 is 0 Å². The molecule has 0 spiro atoms. The monoisotopic (exact) mass is 474 g/mol. The van der Waals surface area contributed by atoms with Crippen LogP contribution < -0.4 is 14.2 Å². The van der Waals surface area contributed by atoms with Crippen molar-refractivity contribution in [2.75, 3.05) is 0 Å². The molecule has 3 nitrogen and oxygen atoms in total. The van der Waals surface area contributed by atoms with Crippen LogP contribution in [0.15, 0.2) is 108 Å². The van der Waals surface area contributed by atoms with E-state index in [-0.39, 0.29) is 0 Å². The smallest absolute Gasteiger partial charge is 0.176 e. The lowest BCUT2D eigenvalue weighted by molar-refractivity contribution is 0.250. The molecule has 4 aromatic rings. The zero-order valence-electron chi connectivity index (χ0n) is 17.0. The van der Waals surface area contributed by atoms with Gasteiger partial charge in [0.25, 0.3) is 0 Å². The molecule has 0 saturated carbocycles. The van der Waals surface area contributed by atoms with Crippen LogP contribution in [0, 0.1) is 0 Å². The van der Waals surface area contributed by atoms with E-state index in [9.17, 15) is 0 Å². The summed E-state index contributed by atoms with van der Waals surface area (Å²) in [5, 5.41) is 0. The fourth-order valence-corrected chi connectivity index (χ4v) is 3.62.